The molecule has 4 aromatic rings. The normalized spacial score (nSPS) is 16.3. The lowest BCUT2D eigenvalue weighted by molar-refractivity contribution is -0.136. The summed E-state index contributed by atoms with van der Waals surface area (Å²) in [6.07, 6.45) is 4.65. The maximum absolute atomic E-state index is 13.5. The number of anilines is 1. The Kier molecular flexibility index (Phi) is 4.28. The molecule has 3 aromatic heterocycles. The number of carboxylic acids is 1. The van der Waals surface area contributed by atoms with Crippen LogP contribution in [-0.4, -0.2) is 33.6 Å². The second-order valence-corrected chi connectivity index (χ2v) is 8.56. The molecule has 0 spiro atoms. The van der Waals surface area contributed by atoms with Crippen LogP contribution in [-0.2, 0) is 24.1 Å². The maximum Gasteiger partial charge on any atom is 0.307 e. The summed E-state index contributed by atoms with van der Waals surface area (Å²) in [7, 11) is 2.04. The summed E-state index contributed by atoms with van der Waals surface area (Å²) in [5, 5.41) is 10.3. The van der Waals surface area contributed by atoms with Crippen molar-refractivity contribution in [1.82, 2.24) is 9.38 Å². The van der Waals surface area contributed by atoms with Gasteiger partial charge in [-0.15, -0.1) is 0 Å². The van der Waals surface area contributed by atoms with Gasteiger partial charge < -0.3 is 14.4 Å². The van der Waals surface area contributed by atoms with Gasteiger partial charge in [0.05, 0.1) is 16.6 Å². The van der Waals surface area contributed by atoms with Crippen molar-refractivity contribution in [3.05, 3.63) is 65.2 Å². The zero-order valence-electron chi connectivity index (χ0n) is 15.9. The minimum Gasteiger partial charge on any atom is -0.481 e. The molecule has 0 fully saturated rings. The van der Waals surface area contributed by atoms with E-state index in [0.29, 0.717) is 5.52 Å². The standard InChI is InChI=1S/C22H20FN3O2S/c1-25(22-24-17-10-13(23)5-8-20(17)29-22)14-6-7-15-16(12-21(27)28)18-4-2-3-9-26(18)19(15)11-14/h2-5,8-10,14H,6-7,11-12H2,1H3,(H,27,28). The second kappa shape index (κ2) is 6.84. The number of hydrogen-bond acceptors (Lipinski definition) is 4. The van der Waals surface area contributed by atoms with Gasteiger partial charge in [0.15, 0.2) is 5.13 Å². The first-order valence-corrected chi connectivity index (χ1v) is 10.4. The predicted octanol–water partition coefficient (Wildman–Crippen LogP) is 4.31. The van der Waals surface area contributed by atoms with Crippen LogP contribution in [0.5, 0.6) is 0 Å². The Morgan fingerprint density at radius 1 is 1.38 bits per heavy atom. The molecule has 0 aliphatic heterocycles. The summed E-state index contributed by atoms with van der Waals surface area (Å²) < 4.78 is 16.6. The van der Waals surface area contributed by atoms with Crippen LogP contribution in [0.25, 0.3) is 15.7 Å². The molecule has 0 radical (unpaired) electrons. The quantitative estimate of drug-likeness (QED) is 0.546. The van der Waals surface area contributed by atoms with Crippen LogP contribution in [0.4, 0.5) is 9.52 Å². The molecule has 0 saturated heterocycles. The number of aromatic nitrogens is 2. The summed E-state index contributed by atoms with van der Waals surface area (Å²) in [6, 6.07) is 10.9. The minimum absolute atomic E-state index is 0.0484. The Morgan fingerprint density at radius 3 is 3.07 bits per heavy atom. The number of rotatable bonds is 4. The summed E-state index contributed by atoms with van der Waals surface area (Å²) in [6.45, 7) is 0. The van der Waals surface area contributed by atoms with Crippen LogP contribution in [0.1, 0.15) is 23.2 Å². The average Bonchev–Trinajstić information content (AvgIpc) is 3.26. The van der Waals surface area contributed by atoms with Gasteiger partial charge >= 0.3 is 5.97 Å². The van der Waals surface area contributed by atoms with Crippen molar-refractivity contribution >= 4 is 38.2 Å². The molecule has 148 valence electrons. The highest BCUT2D eigenvalue weighted by molar-refractivity contribution is 7.22. The molecule has 1 aliphatic carbocycles. The van der Waals surface area contributed by atoms with Crippen LogP contribution in [0.15, 0.2) is 42.6 Å². The summed E-state index contributed by atoms with van der Waals surface area (Å²) >= 11 is 1.57. The van der Waals surface area contributed by atoms with E-state index in [1.807, 2.05) is 31.4 Å². The van der Waals surface area contributed by atoms with Gasteiger partial charge in [0, 0.05) is 43.0 Å². The van der Waals surface area contributed by atoms with E-state index in [0.717, 1.165) is 40.2 Å². The zero-order chi connectivity index (χ0) is 20.1. The molecule has 1 aromatic carbocycles. The topological polar surface area (TPSA) is 57.8 Å². The zero-order valence-corrected chi connectivity index (χ0v) is 16.7. The summed E-state index contributed by atoms with van der Waals surface area (Å²) in [5.41, 5.74) is 4.97. The van der Waals surface area contributed by atoms with Gasteiger partial charge in [-0.05, 0) is 48.2 Å². The van der Waals surface area contributed by atoms with Crippen molar-refractivity contribution < 1.29 is 14.3 Å². The predicted molar refractivity (Wildman–Crippen MR) is 113 cm³/mol. The van der Waals surface area contributed by atoms with Gasteiger partial charge in [0.25, 0.3) is 0 Å². The van der Waals surface area contributed by atoms with Crippen LogP contribution in [0.2, 0.25) is 0 Å². The lowest BCUT2D eigenvalue weighted by Gasteiger charge is -2.31. The van der Waals surface area contributed by atoms with Crippen molar-refractivity contribution in [2.75, 3.05) is 11.9 Å². The molecule has 1 atom stereocenters. The first kappa shape index (κ1) is 18.1. The number of hydrogen-bond donors (Lipinski definition) is 1. The highest BCUT2D eigenvalue weighted by Crippen LogP contribution is 2.35. The molecule has 5 nitrogen and oxygen atoms in total. The van der Waals surface area contributed by atoms with Gasteiger partial charge in [-0.3, -0.25) is 4.79 Å². The third kappa shape index (κ3) is 3.06. The lowest BCUT2D eigenvalue weighted by Crippen LogP contribution is -2.36. The van der Waals surface area contributed by atoms with Crippen LogP contribution in [0, 0.1) is 5.82 Å². The Bertz CT molecular complexity index is 1250. The van der Waals surface area contributed by atoms with E-state index in [1.165, 1.54) is 23.4 Å². The van der Waals surface area contributed by atoms with Crippen molar-refractivity contribution in [3.63, 3.8) is 0 Å². The number of thiazole rings is 1. The van der Waals surface area contributed by atoms with E-state index in [-0.39, 0.29) is 18.3 Å². The van der Waals surface area contributed by atoms with Gasteiger partial charge in [-0.25, -0.2) is 9.37 Å². The summed E-state index contributed by atoms with van der Waals surface area (Å²) in [4.78, 5) is 18.2. The molecule has 0 amide bonds. The number of benzene rings is 1. The third-order valence-corrected chi connectivity index (χ3v) is 6.97. The van der Waals surface area contributed by atoms with E-state index in [2.05, 4.69) is 14.3 Å². The fourth-order valence-electron chi connectivity index (χ4n) is 4.43. The molecule has 1 N–H and O–H groups in total. The van der Waals surface area contributed by atoms with Crippen LogP contribution in [0.3, 0.4) is 0 Å². The SMILES string of the molecule is CN(c1nc2cc(F)ccc2s1)C1CCc2c(CC(=O)O)c3ccccn3c2C1. The van der Waals surface area contributed by atoms with Crippen molar-refractivity contribution in [2.24, 2.45) is 0 Å². The highest BCUT2D eigenvalue weighted by Gasteiger charge is 2.29. The molecular formula is C22H20FN3O2S. The number of likely N-dealkylation sites (N-methyl/N-ethyl adjacent to an activating group) is 1. The number of pyridine rings is 1. The van der Waals surface area contributed by atoms with Crippen molar-refractivity contribution in [1.29, 1.82) is 0 Å². The van der Waals surface area contributed by atoms with Crippen LogP contribution >= 0.6 is 11.3 Å². The average molecular weight is 409 g/mol. The molecule has 1 unspecified atom stereocenters. The number of carboxylic acid groups (broad SMARTS) is 1. The highest BCUT2D eigenvalue weighted by atomic mass is 32.1. The van der Waals surface area contributed by atoms with Crippen molar-refractivity contribution in [3.8, 4) is 0 Å². The molecule has 5 rings (SSSR count). The lowest BCUT2D eigenvalue weighted by atomic mass is 9.89. The number of nitrogens with zero attached hydrogens (tertiary/aromatic N) is 3. The molecule has 3 heterocycles. The summed E-state index contributed by atoms with van der Waals surface area (Å²) in [5.74, 6) is -1.07. The van der Waals surface area contributed by atoms with Crippen molar-refractivity contribution in [2.45, 2.75) is 31.7 Å². The number of carbonyl (C=O) groups is 1. The van der Waals surface area contributed by atoms with Gasteiger partial charge in [0.2, 0.25) is 0 Å². The van der Waals surface area contributed by atoms with E-state index in [9.17, 15) is 14.3 Å². The second-order valence-electron chi connectivity index (χ2n) is 7.55. The molecule has 1 aliphatic rings. The molecule has 29 heavy (non-hydrogen) atoms. The van der Waals surface area contributed by atoms with E-state index < -0.39 is 5.97 Å². The largest absolute Gasteiger partial charge is 0.481 e. The minimum atomic E-state index is -0.801. The Balaban J connectivity index is 1.50. The number of fused-ring (bicyclic) bond motifs is 4. The van der Waals surface area contributed by atoms with Gasteiger partial charge in [-0.1, -0.05) is 17.4 Å². The first-order chi connectivity index (χ1) is 14.0. The van der Waals surface area contributed by atoms with E-state index >= 15 is 0 Å². The van der Waals surface area contributed by atoms with Crippen LogP contribution < -0.4 is 4.90 Å². The van der Waals surface area contributed by atoms with Gasteiger partial charge in [0.1, 0.15) is 5.82 Å². The Labute approximate surface area is 171 Å². The third-order valence-electron chi connectivity index (χ3n) is 5.84. The molecule has 0 bridgehead atoms. The van der Waals surface area contributed by atoms with E-state index in [1.54, 1.807) is 17.4 Å². The number of halogens is 1. The smallest absolute Gasteiger partial charge is 0.307 e. The Morgan fingerprint density at radius 2 is 2.24 bits per heavy atom. The fraction of sp³-hybridized carbons (Fsp3) is 0.273. The monoisotopic (exact) mass is 409 g/mol. The maximum atomic E-state index is 13.5. The van der Waals surface area contributed by atoms with Gasteiger partial charge in [-0.2, -0.15) is 0 Å². The Hall–Kier alpha value is -2.93. The molecule has 7 heteroatoms. The molecular weight excluding hydrogens is 389 g/mol. The number of aliphatic carboxylic acids is 1. The fourth-order valence-corrected chi connectivity index (χ4v) is 5.41. The first-order valence-electron chi connectivity index (χ1n) is 9.61. The molecule has 0 saturated carbocycles. The van der Waals surface area contributed by atoms with E-state index in [4.69, 9.17) is 0 Å².